The van der Waals surface area contributed by atoms with Crippen molar-refractivity contribution in [2.75, 3.05) is 6.61 Å². The maximum atomic E-state index is 8.84. The summed E-state index contributed by atoms with van der Waals surface area (Å²) in [7, 11) is 2.10. The van der Waals surface area contributed by atoms with Crippen LogP contribution in [0.3, 0.4) is 0 Å². The fraction of sp³-hybridized carbons (Fsp3) is 0.400. The first-order chi connectivity index (χ1) is 5.65. The number of hydrogen-bond acceptors (Lipinski definition) is 1. The quantitative estimate of drug-likeness (QED) is 0.611. The molecule has 0 bridgehead atoms. The van der Waals surface area contributed by atoms with Crippen molar-refractivity contribution in [1.82, 2.24) is 0 Å². The molecule has 1 N–H and O–H groups in total. The van der Waals surface area contributed by atoms with Gasteiger partial charge in [0.1, 0.15) is 7.85 Å². The van der Waals surface area contributed by atoms with E-state index in [-0.39, 0.29) is 6.61 Å². The Kier molecular flexibility index (Phi) is 2.93. The second kappa shape index (κ2) is 3.77. The fourth-order valence-electron chi connectivity index (χ4n) is 1.72. The Hall–Kier alpha value is -0.755. The van der Waals surface area contributed by atoms with E-state index in [4.69, 9.17) is 5.11 Å². The summed E-state index contributed by atoms with van der Waals surface area (Å²) >= 11 is 0. The number of aliphatic hydroxyl groups excluding tert-OH is 1. The van der Waals surface area contributed by atoms with Crippen molar-refractivity contribution in [2.24, 2.45) is 0 Å². The van der Waals surface area contributed by atoms with E-state index in [0.29, 0.717) is 0 Å². The second-order valence-electron chi connectivity index (χ2n) is 3.35. The molecule has 0 saturated carbocycles. The van der Waals surface area contributed by atoms with Gasteiger partial charge in [0.15, 0.2) is 0 Å². The van der Waals surface area contributed by atoms with E-state index in [0.717, 1.165) is 6.42 Å². The first-order valence-electron chi connectivity index (χ1n) is 4.32. The molecule has 0 spiro atoms. The number of rotatable bonds is 2. The Bertz CT molecular complexity index is 258. The van der Waals surface area contributed by atoms with Crippen LogP contribution >= 0.6 is 0 Å². The lowest BCUT2D eigenvalue weighted by atomic mass is 9.88. The van der Waals surface area contributed by atoms with Gasteiger partial charge in [-0.05, 0) is 37.0 Å². The van der Waals surface area contributed by atoms with Crippen LogP contribution in [0.5, 0.6) is 0 Å². The molecule has 0 atom stereocenters. The zero-order valence-electron chi connectivity index (χ0n) is 8.02. The molecule has 1 aromatic carbocycles. The number of aryl methyl sites for hydroxylation is 2. The Morgan fingerprint density at radius 1 is 1.25 bits per heavy atom. The summed E-state index contributed by atoms with van der Waals surface area (Å²) in [5.74, 6) is 0. The molecule has 1 aromatic rings. The Morgan fingerprint density at radius 2 is 1.75 bits per heavy atom. The second-order valence-corrected chi connectivity index (χ2v) is 3.35. The van der Waals surface area contributed by atoms with Crippen LogP contribution in [0.15, 0.2) is 12.1 Å². The molecule has 0 aliphatic heterocycles. The monoisotopic (exact) mass is 162 g/mol. The molecular weight excluding hydrogens is 147 g/mol. The van der Waals surface area contributed by atoms with E-state index in [1.165, 1.54) is 22.2 Å². The van der Waals surface area contributed by atoms with Crippen molar-refractivity contribution in [3.05, 3.63) is 28.8 Å². The van der Waals surface area contributed by atoms with E-state index in [9.17, 15) is 0 Å². The van der Waals surface area contributed by atoms with Crippen LogP contribution in [0.25, 0.3) is 0 Å². The highest BCUT2D eigenvalue weighted by Crippen LogP contribution is 2.11. The fourth-order valence-corrected chi connectivity index (χ4v) is 1.72. The molecule has 1 nitrogen and oxygen atoms in total. The van der Waals surface area contributed by atoms with Gasteiger partial charge in [0, 0.05) is 6.61 Å². The van der Waals surface area contributed by atoms with Crippen LogP contribution < -0.4 is 5.46 Å². The van der Waals surface area contributed by atoms with Gasteiger partial charge < -0.3 is 5.11 Å². The third-order valence-electron chi connectivity index (χ3n) is 2.20. The first-order valence-corrected chi connectivity index (χ1v) is 4.32. The van der Waals surface area contributed by atoms with Crippen LogP contribution in [0.4, 0.5) is 0 Å². The van der Waals surface area contributed by atoms with Gasteiger partial charge in [-0.15, -0.1) is 0 Å². The minimum Gasteiger partial charge on any atom is -0.396 e. The lowest BCUT2D eigenvalue weighted by Gasteiger charge is -2.09. The molecule has 64 valence electrons. The van der Waals surface area contributed by atoms with Crippen molar-refractivity contribution in [2.45, 2.75) is 20.3 Å². The van der Waals surface area contributed by atoms with Gasteiger partial charge in [-0.2, -0.15) is 0 Å². The van der Waals surface area contributed by atoms with E-state index in [1.807, 2.05) is 0 Å². The van der Waals surface area contributed by atoms with Crippen molar-refractivity contribution in [1.29, 1.82) is 0 Å². The third kappa shape index (κ3) is 1.89. The predicted octanol–water partition coefficient (Wildman–Crippen LogP) is 0.0966. The number of benzene rings is 1. The minimum absolute atomic E-state index is 0.241. The van der Waals surface area contributed by atoms with Crippen molar-refractivity contribution >= 4 is 13.3 Å². The van der Waals surface area contributed by atoms with E-state index >= 15 is 0 Å². The molecule has 0 heterocycles. The van der Waals surface area contributed by atoms with Crippen LogP contribution in [0.1, 0.15) is 16.7 Å². The molecule has 0 amide bonds. The molecule has 0 aromatic heterocycles. The van der Waals surface area contributed by atoms with Crippen LogP contribution in [0.2, 0.25) is 0 Å². The average Bonchev–Trinajstić information content (AvgIpc) is 1.96. The summed E-state index contributed by atoms with van der Waals surface area (Å²) in [6, 6.07) is 4.33. The smallest absolute Gasteiger partial charge is 0.139 e. The molecule has 1 rings (SSSR count). The predicted molar refractivity (Wildman–Crippen MR) is 54.9 cm³/mol. The molecule has 0 radical (unpaired) electrons. The molecule has 2 heteroatoms. The van der Waals surface area contributed by atoms with Gasteiger partial charge in [-0.25, -0.2) is 0 Å². The summed E-state index contributed by atoms with van der Waals surface area (Å²) in [5.41, 5.74) is 5.18. The van der Waals surface area contributed by atoms with Gasteiger partial charge >= 0.3 is 0 Å². The topological polar surface area (TPSA) is 20.2 Å². The van der Waals surface area contributed by atoms with Crippen molar-refractivity contribution in [3.63, 3.8) is 0 Å². The zero-order chi connectivity index (χ0) is 9.14. The lowest BCUT2D eigenvalue weighted by molar-refractivity contribution is 0.299. The summed E-state index contributed by atoms with van der Waals surface area (Å²) in [6.45, 7) is 4.45. The Morgan fingerprint density at radius 3 is 2.17 bits per heavy atom. The summed E-state index contributed by atoms with van der Waals surface area (Å²) in [5, 5.41) is 8.84. The van der Waals surface area contributed by atoms with E-state index in [2.05, 4.69) is 33.8 Å². The van der Waals surface area contributed by atoms with Crippen LogP contribution in [-0.2, 0) is 6.42 Å². The Balaban J connectivity index is 3.10. The van der Waals surface area contributed by atoms with Crippen LogP contribution in [-0.4, -0.2) is 19.6 Å². The maximum absolute atomic E-state index is 8.84. The highest BCUT2D eigenvalue weighted by atomic mass is 16.2. The largest absolute Gasteiger partial charge is 0.396 e. The highest BCUT2D eigenvalue weighted by Gasteiger charge is 2.01. The van der Waals surface area contributed by atoms with Gasteiger partial charge in [0.2, 0.25) is 0 Å². The SMILES string of the molecule is Bc1cc(C)c(CCO)c(C)c1. The van der Waals surface area contributed by atoms with Gasteiger partial charge in [-0.3, -0.25) is 0 Å². The third-order valence-corrected chi connectivity index (χ3v) is 2.20. The lowest BCUT2D eigenvalue weighted by Crippen LogP contribution is -2.08. The Labute approximate surface area is 74.8 Å². The first kappa shape index (κ1) is 9.33. The van der Waals surface area contributed by atoms with E-state index < -0.39 is 0 Å². The van der Waals surface area contributed by atoms with Gasteiger partial charge in [-0.1, -0.05) is 17.6 Å². The average molecular weight is 162 g/mol. The molecule has 0 fully saturated rings. The zero-order valence-corrected chi connectivity index (χ0v) is 8.02. The van der Waals surface area contributed by atoms with Gasteiger partial charge in [0.25, 0.3) is 0 Å². The highest BCUT2D eigenvalue weighted by molar-refractivity contribution is 6.32. The number of aliphatic hydroxyl groups is 1. The molecule has 0 aliphatic rings. The summed E-state index contributed by atoms with van der Waals surface area (Å²) < 4.78 is 0. The summed E-state index contributed by atoms with van der Waals surface area (Å²) in [4.78, 5) is 0. The van der Waals surface area contributed by atoms with Gasteiger partial charge in [0.05, 0.1) is 0 Å². The molecule has 0 unspecified atom stereocenters. The number of hydrogen-bond donors (Lipinski definition) is 1. The normalized spacial score (nSPS) is 10.2. The minimum atomic E-state index is 0.241. The standard InChI is InChI=1S/C10H15BO/c1-7-5-9(11)6-8(2)10(7)3-4-12/h5-6,12H,3-4,11H2,1-2H3. The molecule has 0 saturated heterocycles. The molecule has 12 heavy (non-hydrogen) atoms. The molecule has 0 aliphatic carbocycles. The molecular formula is C10H15BO. The van der Waals surface area contributed by atoms with E-state index in [1.54, 1.807) is 0 Å². The van der Waals surface area contributed by atoms with Crippen molar-refractivity contribution in [3.8, 4) is 0 Å². The summed E-state index contributed by atoms with van der Waals surface area (Å²) in [6.07, 6.45) is 0.776. The van der Waals surface area contributed by atoms with Crippen molar-refractivity contribution < 1.29 is 5.11 Å². The maximum Gasteiger partial charge on any atom is 0.139 e. The van der Waals surface area contributed by atoms with Crippen LogP contribution in [0, 0.1) is 13.8 Å².